The molecule has 0 aromatic heterocycles. The molecule has 2 unspecified atom stereocenters. The number of nitrogens with zero attached hydrogens (tertiary/aromatic N) is 1. The Morgan fingerprint density at radius 2 is 0.821 bits per heavy atom. The summed E-state index contributed by atoms with van der Waals surface area (Å²) in [5, 5.41) is 0. The maximum atomic E-state index is 11.3. The van der Waals surface area contributed by atoms with Gasteiger partial charge in [0.2, 0.25) is 0 Å². The largest absolute Gasteiger partial charge is 0.497 e. The molecular weight excluding hydrogens is 847 g/mol. The Morgan fingerprint density at radius 1 is 0.493 bits per heavy atom. The number of allylic oxidation sites excluding steroid dienone is 2. The molecule has 0 spiro atoms. The number of rotatable bonds is 16. The van der Waals surface area contributed by atoms with Crippen LogP contribution in [0.1, 0.15) is 61.8 Å². The molecule has 0 N–H and O–H groups in total. The van der Waals surface area contributed by atoms with Gasteiger partial charge in [-0.25, -0.2) is 0 Å². The third-order valence-corrected chi connectivity index (χ3v) is 11.0. The first-order valence-electron chi connectivity index (χ1n) is 22.4. The highest BCUT2D eigenvalue weighted by molar-refractivity contribution is 5.82. The molecule has 364 valence electrons. The molecule has 2 atom stereocenters. The average Bonchev–Trinajstić information content (AvgIpc) is 3.38. The Morgan fingerprint density at radius 3 is 1.09 bits per heavy atom. The van der Waals surface area contributed by atoms with Gasteiger partial charge in [-0.1, -0.05) is 92.7 Å². The maximum absolute atomic E-state index is 11.3. The van der Waals surface area contributed by atoms with Crippen LogP contribution in [0.5, 0.6) is 23.0 Å². The van der Waals surface area contributed by atoms with Gasteiger partial charge in [0.15, 0.2) is 0 Å². The summed E-state index contributed by atoms with van der Waals surface area (Å²) in [6, 6.07) is 43.0. The number of carbonyl (C=O) groups is 2. The van der Waals surface area contributed by atoms with Crippen LogP contribution in [0.3, 0.4) is 0 Å². The smallest absolute Gasteiger partial charge is 0.309 e. The number of para-hydroxylation sites is 1. The molecule has 5 aromatic rings. The first-order chi connectivity index (χ1) is 32.3. The number of esters is 2. The Labute approximate surface area is 400 Å². The maximum Gasteiger partial charge on any atom is 0.309 e. The van der Waals surface area contributed by atoms with Crippen molar-refractivity contribution in [3.8, 4) is 23.0 Å². The highest BCUT2D eigenvalue weighted by Gasteiger charge is 2.35. The van der Waals surface area contributed by atoms with Gasteiger partial charge in [0.25, 0.3) is 0 Å². The molecule has 1 aliphatic carbocycles. The molecule has 6 rings (SSSR count). The summed E-state index contributed by atoms with van der Waals surface area (Å²) in [5.74, 6) is 2.08. The lowest BCUT2D eigenvalue weighted by Gasteiger charge is -2.26. The van der Waals surface area contributed by atoms with Crippen LogP contribution in [0.25, 0.3) is 0 Å². The van der Waals surface area contributed by atoms with Crippen molar-refractivity contribution >= 4 is 17.6 Å². The van der Waals surface area contributed by atoms with Crippen molar-refractivity contribution in [2.75, 3.05) is 89.1 Å². The summed E-state index contributed by atoms with van der Waals surface area (Å²) in [7, 11) is 16.9. The number of anilines is 1. The molecule has 0 saturated carbocycles. The first kappa shape index (κ1) is 56.8. The lowest BCUT2D eigenvalue weighted by Crippen LogP contribution is -2.32. The third-order valence-electron chi connectivity index (χ3n) is 11.0. The van der Waals surface area contributed by atoms with Crippen LogP contribution in [-0.4, -0.2) is 96.1 Å². The molecule has 0 heterocycles. The summed E-state index contributed by atoms with van der Waals surface area (Å²) in [4.78, 5) is 24.8. The van der Waals surface area contributed by atoms with E-state index in [-0.39, 0.29) is 17.4 Å². The molecule has 0 fully saturated rings. The van der Waals surface area contributed by atoms with Crippen molar-refractivity contribution < 1.29 is 47.5 Å². The molecule has 0 saturated heterocycles. The second kappa shape index (κ2) is 32.4. The van der Waals surface area contributed by atoms with Gasteiger partial charge in [-0.3, -0.25) is 9.59 Å². The van der Waals surface area contributed by atoms with Gasteiger partial charge in [0.05, 0.1) is 54.5 Å². The van der Waals surface area contributed by atoms with E-state index in [1.165, 1.54) is 42.2 Å². The normalized spacial score (nSPS) is 13.4. The van der Waals surface area contributed by atoms with Crippen LogP contribution in [0, 0.1) is 11.8 Å². The minimum Gasteiger partial charge on any atom is -0.497 e. The van der Waals surface area contributed by atoms with Crippen LogP contribution < -0.4 is 23.8 Å². The van der Waals surface area contributed by atoms with Gasteiger partial charge in [0.1, 0.15) is 23.0 Å². The van der Waals surface area contributed by atoms with E-state index < -0.39 is 11.8 Å². The molecule has 67 heavy (non-hydrogen) atoms. The third kappa shape index (κ3) is 20.8. The quantitative estimate of drug-likeness (QED) is 0.0536. The summed E-state index contributed by atoms with van der Waals surface area (Å²) in [6.07, 6.45) is 8.00. The SMILES string of the molecule is CN(C)c1ccccc1.COC(=O)C1CC=CCC1C(=O)OC.COCCCCOC.COc1ccc(C(C)(C)c2ccc(OC)cc2)cc1.COc1ccc(Cc2ccc(OC)cc2)cc1. The van der Waals surface area contributed by atoms with Crippen molar-refractivity contribution in [1.82, 2.24) is 0 Å². The monoisotopic (exact) mass is 922 g/mol. The van der Waals surface area contributed by atoms with Gasteiger partial charge >= 0.3 is 11.9 Å². The summed E-state index contributed by atoms with van der Waals surface area (Å²) in [5.41, 5.74) is 6.28. The fraction of sp³-hybridized carbons (Fsp3) is 0.393. The van der Waals surface area contributed by atoms with Gasteiger partial charge in [-0.05, 0) is 115 Å². The summed E-state index contributed by atoms with van der Waals surface area (Å²) >= 11 is 0. The molecule has 0 bridgehead atoms. The lowest BCUT2D eigenvalue weighted by molar-refractivity contribution is -0.157. The number of methoxy groups -OCH3 is 8. The number of ether oxygens (including phenoxy) is 8. The van der Waals surface area contributed by atoms with E-state index in [0.29, 0.717) is 12.8 Å². The number of hydrogen-bond acceptors (Lipinski definition) is 11. The Hall–Kier alpha value is -6.30. The minimum atomic E-state index is -0.391. The number of unbranched alkanes of at least 4 members (excludes halogenated alkanes) is 1. The zero-order chi connectivity index (χ0) is 49.5. The van der Waals surface area contributed by atoms with E-state index in [1.54, 1.807) is 42.7 Å². The number of carbonyl (C=O) groups excluding carboxylic acids is 2. The fourth-order valence-corrected chi connectivity index (χ4v) is 6.76. The van der Waals surface area contributed by atoms with Gasteiger partial charge in [-0.15, -0.1) is 0 Å². The van der Waals surface area contributed by atoms with Crippen molar-refractivity contribution in [3.63, 3.8) is 0 Å². The number of hydrogen-bond donors (Lipinski definition) is 0. The van der Waals surface area contributed by atoms with Crippen LogP contribution in [-0.2, 0) is 40.4 Å². The molecule has 1 aliphatic rings. The standard InChI is InChI=1S/C17H20O2.C15H16O2.C10H14O4.C8H11N.C6H14O2/c1-17(2,13-5-9-15(18-3)10-6-13)14-7-11-16(19-4)12-8-14;1-16-14-7-3-12(4-8-14)11-13-5-9-15(17-2)10-6-13;1-13-9(11)7-5-3-4-6-8(7)10(12)14-2;1-9(2)8-6-4-3-5-7-8;1-7-5-3-4-6-8-2/h5-12H,1-4H3;3-10H,11H2,1-2H3;3-4,7-8H,5-6H2,1-2H3;3-7H,1-2H3;3-6H2,1-2H3. The molecule has 0 aliphatic heterocycles. The zero-order valence-corrected chi connectivity index (χ0v) is 41.9. The van der Waals surface area contributed by atoms with E-state index >= 15 is 0 Å². The molecular formula is C56H75NO10. The van der Waals surface area contributed by atoms with E-state index in [2.05, 4.69) is 88.9 Å². The summed E-state index contributed by atoms with van der Waals surface area (Å²) in [6.45, 7) is 6.14. The van der Waals surface area contributed by atoms with Crippen molar-refractivity contribution in [3.05, 3.63) is 162 Å². The van der Waals surface area contributed by atoms with Gasteiger partial charge in [0, 0.05) is 52.6 Å². The van der Waals surface area contributed by atoms with Gasteiger partial charge in [-0.2, -0.15) is 0 Å². The Bertz CT molecular complexity index is 1960. The predicted octanol–water partition coefficient (Wildman–Crippen LogP) is 11.1. The fourth-order valence-electron chi connectivity index (χ4n) is 6.76. The first-order valence-corrected chi connectivity index (χ1v) is 22.4. The second-order valence-corrected chi connectivity index (χ2v) is 16.1. The van der Waals surface area contributed by atoms with Gasteiger partial charge < -0.3 is 42.8 Å². The second-order valence-electron chi connectivity index (χ2n) is 16.1. The average molecular weight is 922 g/mol. The van der Waals surface area contributed by atoms with E-state index in [1.807, 2.05) is 93.0 Å². The van der Waals surface area contributed by atoms with E-state index in [9.17, 15) is 9.59 Å². The van der Waals surface area contributed by atoms with E-state index in [0.717, 1.165) is 55.5 Å². The Kier molecular flexibility index (Phi) is 27.5. The Balaban J connectivity index is 0.000000298. The molecule has 11 nitrogen and oxygen atoms in total. The topological polar surface area (TPSA) is 111 Å². The summed E-state index contributed by atoms with van der Waals surface area (Å²) < 4.78 is 39.6. The van der Waals surface area contributed by atoms with Crippen LogP contribution in [0.2, 0.25) is 0 Å². The zero-order valence-electron chi connectivity index (χ0n) is 41.9. The molecule has 5 aromatic carbocycles. The minimum absolute atomic E-state index is 0.0431. The number of benzene rings is 5. The molecule has 0 amide bonds. The van der Waals surface area contributed by atoms with E-state index in [4.69, 9.17) is 28.4 Å². The van der Waals surface area contributed by atoms with Crippen molar-refractivity contribution in [2.45, 2.75) is 51.4 Å². The van der Waals surface area contributed by atoms with Crippen molar-refractivity contribution in [2.24, 2.45) is 11.8 Å². The van der Waals surface area contributed by atoms with Crippen molar-refractivity contribution in [1.29, 1.82) is 0 Å². The highest BCUT2D eigenvalue weighted by Crippen LogP contribution is 2.33. The van der Waals surface area contributed by atoms with Crippen LogP contribution in [0.15, 0.2) is 140 Å². The van der Waals surface area contributed by atoms with Crippen LogP contribution in [0.4, 0.5) is 5.69 Å². The molecule has 0 radical (unpaired) electrons. The highest BCUT2D eigenvalue weighted by atomic mass is 16.5. The van der Waals surface area contributed by atoms with Crippen LogP contribution >= 0.6 is 0 Å². The lowest BCUT2D eigenvalue weighted by atomic mass is 9.78. The molecule has 11 heteroatoms. The predicted molar refractivity (Wildman–Crippen MR) is 270 cm³/mol.